The van der Waals surface area contributed by atoms with Crippen molar-refractivity contribution >= 4 is 11.4 Å². The van der Waals surface area contributed by atoms with Crippen LogP contribution in [0.1, 0.15) is 22.8 Å². The van der Waals surface area contributed by atoms with Gasteiger partial charge < -0.3 is 9.64 Å². The van der Waals surface area contributed by atoms with Crippen LogP contribution in [-0.2, 0) is 4.74 Å². The van der Waals surface area contributed by atoms with Crippen molar-refractivity contribution in [3.8, 4) is 0 Å². The number of benzene rings is 3. The van der Waals surface area contributed by atoms with Gasteiger partial charge >= 0.3 is 0 Å². The Labute approximate surface area is 165 Å². The van der Waals surface area contributed by atoms with Crippen molar-refractivity contribution in [1.29, 1.82) is 0 Å². The van der Waals surface area contributed by atoms with E-state index < -0.39 is 0 Å². The van der Waals surface area contributed by atoms with Gasteiger partial charge in [0, 0.05) is 29.8 Å². The molecule has 0 radical (unpaired) electrons. The molecule has 28 heavy (non-hydrogen) atoms. The molecule has 0 aliphatic carbocycles. The molecule has 3 nitrogen and oxygen atoms in total. The van der Waals surface area contributed by atoms with Crippen molar-refractivity contribution in [3.05, 3.63) is 101 Å². The fraction of sp³-hybridized carbons (Fsp3) is 0.208. The highest BCUT2D eigenvalue weighted by molar-refractivity contribution is 6.13. The number of rotatable bonds is 4. The van der Waals surface area contributed by atoms with E-state index in [0.29, 0.717) is 24.4 Å². The molecule has 1 aliphatic rings. The summed E-state index contributed by atoms with van der Waals surface area (Å²) >= 11 is 0. The second-order valence-corrected chi connectivity index (χ2v) is 7.02. The van der Waals surface area contributed by atoms with Gasteiger partial charge in [0.1, 0.15) is 5.82 Å². The summed E-state index contributed by atoms with van der Waals surface area (Å²) in [5, 5.41) is 0. The normalized spacial score (nSPS) is 17.3. The molecule has 4 rings (SSSR count). The summed E-state index contributed by atoms with van der Waals surface area (Å²) in [5.74, 6) is -0.276. The van der Waals surface area contributed by atoms with Gasteiger partial charge in [-0.15, -0.1) is 0 Å². The molecular formula is C24H23FN2O. The van der Waals surface area contributed by atoms with E-state index in [1.807, 2.05) is 73.8 Å². The highest BCUT2D eigenvalue weighted by atomic mass is 19.1. The molecule has 4 heteroatoms. The van der Waals surface area contributed by atoms with E-state index in [1.165, 1.54) is 6.07 Å². The second-order valence-electron chi connectivity index (χ2n) is 7.02. The molecule has 1 saturated heterocycles. The first-order chi connectivity index (χ1) is 13.7. The summed E-state index contributed by atoms with van der Waals surface area (Å²) in [4.78, 5) is 6.94. The molecular weight excluding hydrogens is 351 g/mol. The quantitative estimate of drug-likeness (QED) is 0.601. The van der Waals surface area contributed by atoms with Crippen molar-refractivity contribution in [2.45, 2.75) is 6.10 Å². The zero-order valence-electron chi connectivity index (χ0n) is 15.9. The Morgan fingerprint density at radius 3 is 2.18 bits per heavy atom. The monoisotopic (exact) mass is 374 g/mol. The number of hydrogen-bond acceptors (Lipinski definition) is 3. The predicted molar refractivity (Wildman–Crippen MR) is 111 cm³/mol. The van der Waals surface area contributed by atoms with Crippen LogP contribution in [0.4, 0.5) is 10.1 Å². The topological polar surface area (TPSA) is 24.8 Å². The van der Waals surface area contributed by atoms with Crippen LogP contribution < -0.4 is 0 Å². The summed E-state index contributed by atoms with van der Waals surface area (Å²) in [6, 6.07) is 25.1. The van der Waals surface area contributed by atoms with Gasteiger partial charge in [-0.1, -0.05) is 66.7 Å². The summed E-state index contributed by atoms with van der Waals surface area (Å²) in [7, 11) is 2.03. The first-order valence-electron chi connectivity index (χ1n) is 9.50. The molecule has 1 unspecified atom stereocenters. The first-order valence-corrected chi connectivity index (χ1v) is 9.50. The van der Waals surface area contributed by atoms with E-state index in [4.69, 9.17) is 9.73 Å². The second kappa shape index (κ2) is 8.46. The number of ether oxygens (including phenoxy) is 1. The minimum absolute atomic E-state index is 0.237. The van der Waals surface area contributed by atoms with Gasteiger partial charge in [-0.25, -0.2) is 9.38 Å². The van der Waals surface area contributed by atoms with Gasteiger partial charge in [-0.05, 0) is 19.2 Å². The molecule has 0 aromatic heterocycles. The fourth-order valence-corrected chi connectivity index (χ4v) is 3.43. The Balaban J connectivity index is 1.70. The maximum atomic E-state index is 14.8. The highest BCUT2D eigenvalue weighted by Gasteiger charge is 2.22. The van der Waals surface area contributed by atoms with Crippen LogP contribution in [-0.4, -0.2) is 37.4 Å². The minimum Gasteiger partial charge on any atom is -0.371 e. The lowest BCUT2D eigenvalue weighted by Gasteiger charge is -2.30. The van der Waals surface area contributed by atoms with E-state index in [9.17, 15) is 4.39 Å². The lowest BCUT2D eigenvalue weighted by Crippen LogP contribution is -2.35. The number of likely N-dealkylation sites (N-methyl/N-ethyl adjacent to an activating group) is 1. The maximum absolute atomic E-state index is 14.8. The van der Waals surface area contributed by atoms with Crippen LogP contribution in [0.5, 0.6) is 0 Å². The maximum Gasteiger partial charge on any atom is 0.131 e. The van der Waals surface area contributed by atoms with E-state index in [1.54, 1.807) is 6.07 Å². The largest absolute Gasteiger partial charge is 0.371 e. The number of nitrogens with zero attached hydrogens (tertiary/aromatic N) is 2. The van der Waals surface area contributed by atoms with Crippen molar-refractivity contribution in [3.63, 3.8) is 0 Å². The standard InChI is InChI=1S/C24H23FN2O/c1-27-14-15-28-23(17-27)21-13-12-20(16-22(21)25)26-24(18-8-4-2-5-9-18)19-10-6-3-7-11-19/h2-13,16,23H,14-15,17H2,1H3. The molecule has 0 amide bonds. The zero-order chi connectivity index (χ0) is 19.3. The van der Waals surface area contributed by atoms with Crippen LogP contribution in [0.15, 0.2) is 83.9 Å². The molecule has 1 atom stereocenters. The van der Waals surface area contributed by atoms with Gasteiger partial charge in [0.05, 0.1) is 24.1 Å². The predicted octanol–water partition coefficient (Wildman–Crippen LogP) is 5.00. The third-order valence-electron chi connectivity index (χ3n) is 4.94. The first kappa shape index (κ1) is 18.5. The summed E-state index contributed by atoms with van der Waals surface area (Å²) in [5.41, 5.74) is 3.99. The smallest absolute Gasteiger partial charge is 0.131 e. The lowest BCUT2D eigenvalue weighted by molar-refractivity contribution is -0.0225. The van der Waals surface area contributed by atoms with Crippen molar-refractivity contribution < 1.29 is 9.13 Å². The van der Waals surface area contributed by atoms with Crippen molar-refractivity contribution in [1.82, 2.24) is 4.90 Å². The fourth-order valence-electron chi connectivity index (χ4n) is 3.43. The van der Waals surface area contributed by atoms with E-state index in [0.717, 1.165) is 23.4 Å². The van der Waals surface area contributed by atoms with Gasteiger partial charge in [-0.3, -0.25) is 0 Å². The van der Waals surface area contributed by atoms with Crippen LogP contribution in [0, 0.1) is 5.82 Å². The van der Waals surface area contributed by atoms with Gasteiger partial charge in [0.25, 0.3) is 0 Å². The van der Waals surface area contributed by atoms with E-state index >= 15 is 0 Å². The average Bonchev–Trinajstić information content (AvgIpc) is 2.73. The Hall–Kier alpha value is -2.82. The summed E-state index contributed by atoms with van der Waals surface area (Å²) in [6.07, 6.45) is -0.237. The third kappa shape index (κ3) is 4.19. The number of aliphatic imine (C=N–C) groups is 1. The Bertz CT molecular complexity index is 915. The molecule has 3 aromatic rings. The summed E-state index contributed by atoms with van der Waals surface area (Å²) < 4.78 is 20.6. The molecule has 0 N–H and O–H groups in total. The van der Waals surface area contributed by atoms with E-state index in [2.05, 4.69) is 4.90 Å². The molecule has 3 aromatic carbocycles. The van der Waals surface area contributed by atoms with Crippen LogP contribution in [0.25, 0.3) is 0 Å². The molecule has 142 valence electrons. The van der Waals surface area contributed by atoms with Gasteiger partial charge in [0.15, 0.2) is 0 Å². The molecule has 0 spiro atoms. The average molecular weight is 374 g/mol. The van der Waals surface area contributed by atoms with Crippen LogP contribution in [0.2, 0.25) is 0 Å². The number of morpholine rings is 1. The molecule has 1 fully saturated rings. The number of hydrogen-bond donors (Lipinski definition) is 0. The summed E-state index contributed by atoms with van der Waals surface area (Å²) in [6.45, 7) is 2.18. The zero-order valence-corrected chi connectivity index (χ0v) is 15.9. The van der Waals surface area contributed by atoms with Crippen LogP contribution >= 0.6 is 0 Å². The Morgan fingerprint density at radius 2 is 1.61 bits per heavy atom. The minimum atomic E-state index is -0.276. The lowest BCUT2D eigenvalue weighted by atomic mass is 10.0. The van der Waals surface area contributed by atoms with Gasteiger partial charge in [-0.2, -0.15) is 0 Å². The third-order valence-corrected chi connectivity index (χ3v) is 4.94. The Morgan fingerprint density at radius 1 is 0.964 bits per heavy atom. The van der Waals surface area contributed by atoms with Crippen LogP contribution in [0.3, 0.4) is 0 Å². The molecule has 0 saturated carbocycles. The highest BCUT2D eigenvalue weighted by Crippen LogP contribution is 2.28. The van der Waals surface area contributed by atoms with Crippen molar-refractivity contribution in [2.75, 3.05) is 26.7 Å². The molecule has 1 heterocycles. The van der Waals surface area contributed by atoms with Gasteiger partial charge in [0.2, 0.25) is 0 Å². The molecule has 1 aliphatic heterocycles. The van der Waals surface area contributed by atoms with E-state index in [-0.39, 0.29) is 11.9 Å². The SMILES string of the molecule is CN1CCOC(c2ccc(N=C(c3ccccc3)c3ccccc3)cc2F)C1. The Kier molecular flexibility index (Phi) is 5.60. The number of halogens is 1. The molecule has 0 bridgehead atoms. The van der Waals surface area contributed by atoms with Crippen molar-refractivity contribution in [2.24, 2.45) is 4.99 Å².